The van der Waals surface area contributed by atoms with E-state index in [2.05, 4.69) is 20.1 Å². The van der Waals surface area contributed by atoms with Gasteiger partial charge in [0.25, 0.3) is 5.56 Å². The topological polar surface area (TPSA) is 89.4 Å². The van der Waals surface area contributed by atoms with Gasteiger partial charge in [-0.2, -0.15) is 5.10 Å². The summed E-state index contributed by atoms with van der Waals surface area (Å²) in [4.78, 5) is 30.2. The quantitative estimate of drug-likeness (QED) is 0.281. The first-order chi connectivity index (χ1) is 16.3. The highest BCUT2D eigenvalue weighted by molar-refractivity contribution is 7.98. The van der Waals surface area contributed by atoms with E-state index in [1.165, 1.54) is 29.4 Å². The Hall–Kier alpha value is -3.82. The Morgan fingerprint density at radius 3 is 2.61 bits per heavy atom. The molecule has 6 aromatic rings. The van der Waals surface area contributed by atoms with Crippen molar-refractivity contribution in [2.24, 2.45) is 0 Å². The number of hydrogen-bond acceptors (Lipinski definition) is 7. The van der Waals surface area contributed by atoms with Crippen LogP contribution in [0.1, 0.15) is 5.82 Å². The monoisotopic (exact) mass is 468 g/mol. The van der Waals surface area contributed by atoms with Crippen molar-refractivity contribution >= 4 is 44.3 Å². The van der Waals surface area contributed by atoms with Gasteiger partial charge < -0.3 is 4.98 Å². The lowest BCUT2D eigenvalue weighted by Crippen LogP contribution is -2.10. The fourth-order valence-electron chi connectivity index (χ4n) is 3.72. The average molecular weight is 469 g/mol. The summed E-state index contributed by atoms with van der Waals surface area (Å²) in [6.45, 7) is 0. The molecule has 0 spiro atoms. The summed E-state index contributed by atoms with van der Waals surface area (Å²) in [5, 5.41) is 8.77. The number of fused-ring (bicyclic) bond motifs is 2. The molecule has 0 fully saturated rings. The highest BCUT2D eigenvalue weighted by Crippen LogP contribution is 2.32. The number of nitrogens with one attached hydrogen (secondary N) is 1. The molecule has 0 saturated heterocycles. The van der Waals surface area contributed by atoms with Crippen molar-refractivity contribution in [1.29, 1.82) is 0 Å². The number of H-pyrrole nitrogens is 1. The third-order valence-electron chi connectivity index (χ3n) is 5.25. The van der Waals surface area contributed by atoms with Crippen molar-refractivity contribution in [1.82, 2.24) is 29.7 Å². The van der Waals surface area contributed by atoms with Crippen molar-refractivity contribution in [3.8, 4) is 16.8 Å². The van der Waals surface area contributed by atoms with E-state index >= 15 is 0 Å². The highest BCUT2D eigenvalue weighted by atomic mass is 32.2. The summed E-state index contributed by atoms with van der Waals surface area (Å²) in [6, 6.07) is 19.8. The predicted octanol–water partition coefficient (Wildman–Crippen LogP) is 5.07. The van der Waals surface area contributed by atoms with Crippen LogP contribution in [0, 0.1) is 0 Å². The highest BCUT2D eigenvalue weighted by Gasteiger charge is 2.15. The molecule has 0 aliphatic carbocycles. The van der Waals surface area contributed by atoms with Gasteiger partial charge in [-0.25, -0.2) is 19.6 Å². The Kier molecular flexibility index (Phi) is 4.97. The second-order valence-electron chi connectivity index (χ2n) is 7.30. The normalized spacial score (nSPS) is 11.4. The van der Waals surface area contributed by atoms with E-state index in [0.717, 1.165) is 37.7 Å². The van der Waals surface area contributed by atoms with Gasteiger partial charge in [0.05, 0.1) is 28.4 Å². The Bertz CT molecular complexity index is 1640. The van der Waals surface area contributed by atoms with Crippen molar-refractivity contribution in [3.05, 3.63) is 94.7 Å². The van der Waals surface area contributed by atoms with E-state index in [9.17, 15) is 4.79 Å². The molecule has 0 unspecified atom stereocenters. The molecule has 9 heteroatoms. The Morgan fingerprint density at radius 1 is 1.00 bits per heavy atom. The molecule has 4 heterocycles. The number of hydrogen-bond donors (Lipinski definition) is 1. The molecule has 160 valence electrons. The molecular weight excluding hydrogens is 452 g/mol. The van der Waals surface area contributed by atoms with Crippen LogP contribution < -0.4 is 5.56 Å². The van der Waals surface area contributed by atoms with E-state index in [1.807, 2.05) is 66.0 Å². The number of thioether (sulfide) groups is 1. The third kappa shape index (κ3) is 3.61. The smallest absolute Gasteiger partial charge is 0.260 e. The Morgan fingerprint density at radius 2 is 1.79 bits per heavy atom. The van der Waals surface area contributed by atoms with Gasteiger partial charge in [-0.1, -0.05) is 60.3 Å². The van der Waals surface area contributed by atoms with Crippen LogP contribution in [0.2, 0.25) is 0 Å². The largest absolute Gasteiger partial charge is 0.309 e. The lowest BCUT2D eigenvalue weighted by atomic mass is 10.1. The fraction of sp³-hybridized carbons (Fsp3) is 0.0417. The molecule has 4 aromatic heterocycles. The molecule has 6 rings (SSSR count). The van der Waals surface area contributed by atoms with Crippen molar-refractivity contribution in [3.63, 3.8) is 0 Å². The zero-order valence-electron chi connectivity index (χ0n) is 17.2. The first-order valence-corrected chi connectivity index (χ1v) is 12.1. The van der Waals surface area contributed by atoms with Gasteiger partial charge in [0.1, 0.15) is 22.0 Å². The minimum absolute atomic E-state index is 0.125. The van der Waals surface area contributed by atoms with Crippen LogP contribution in [0.5, 0.6) is 0 Å². The van der Waals surface area contributed by atoms with Crippen LogP contribution in [0.15, 0.2) is 88.4 Å². The SMILES string of the molecule is O=c1[nH]c(CSc2ncnc3c2cnn3-c2ccccc2)nc2scc(-c3ccccc3)c12. The second kappa shape index (κ2) is 8.27. The first-order valence-electron chi connectivity index (χ1n) is 10.2. The molecule has 0 saturated carbocycles. The maximum absolute atomic E-state index is 12.9. The molecule has 7 nitrogen and oxygen atoms in total. The van der Waals surface area contributed by atoms with Gasteiger partial charge in [0.2, 0.25) is 0 Å². The fourth-order valence-corrected chi connectivity index (χ4v) is 5.52. The minimum Gasteiger partial charge on any atom is -0.309 e. The molecule has 0 radical (unpaired) electrons. The van der Waals surface area contributed by atoms with Crippen LogP contribution in [-0.2, 0) is 5.75 Å². The number of aromatic nitrogens is 6. The standard InChI is InChI=1S/C24H16N6OS2/c31-22-20-18(15-7-3-1-4-8-15)12-32-24(20)29-19(28-22)13-33-23-17-11-27-30(21(17)25-14-26-23)16-9-5-2-6-10-16/h1-12,14H,13H2,(H,28,29,31). The van der Waals surface area contributed by atoms with Gasteiger partial charge in [-0.3, -0.25) is 4.79 Å². The lowest BCUT2D eigenvalue weighted by Gasteiger charge is -2.04. The van der Waals surface area contributed by atoms with Gasteiger partial charge in [-0.15, -0.1) is 11.3 Å². The molecule has 0 bridgehead atoms. The Balaban J connectivity index is 1.31. The second-order valence-corrected chi connectivity index (χ2v) is 9.13. The van der Waals surface area contributed by atoms with Gasteiger partial charge >= 0.3 is 0 Å². The summed E-state index contributed by atoms with van der Waals surface area (Å²) < 4.78 is 1.80. The van der Waals surface area contributed by atoms with Crippen LogP contribution >= 0.6 is 23.1 Å². The summed E-state index contributed by atoms with van der Waals surface area (Å²) in [6.07, 6.45) is 3.31. The number of aromatic amines is 1. The molecule has 0 amide bonds. The average Bonchev–Trinajstić information content (AvgIpc) is 3.49. The minimum atomic E-state index is -0.125. The zero-order chi connectivity index (χ0) is 22.2. The summed E-state index contributed by atoms with van der Waals surface area (Å²) in [7, 11) is 0. The number of nitrogens with zero attached hydrogens (tertiary/aromatic N) is 5. The van der Waals surface area contributed by atoms with Crippen molar-refractivity contribution in [2.45, 2.75) is 10.8 Å². The zero-order valence-corrected chi connectivity index (χ0v) is 18.8. The molecule has 0 aliphatic rings. The third-order valence-corrected chi connectivity index (χ3v) is 7.14. The number of thiophene rings is 1. The summed E-state index contributed by atoms with van der Waals surface area (Å²) >= 11 is 2.98. The van der Waals surface area contributed by atoms with E-state index < -0.39 is 0 Å². The number of benzene rings is 2. The molecular formula is C24H16N6OS2. The maximum atomic E-state index is 12.9. The summed E-state index contributed by atoms with van der Waals surface area (Å²) in [5.41, 5.74) is 3.47. The lowest BCUT2D eigenvalue weighted by molar-refractivity contribution is 0.893. The molecule has 0 aliphatic heterocycles. The van der Waals surface area contributed by atoms with Crippen molar-refractivity contribution < 1.29 is 0 Å². The van der Waals surface area contributed by atoms with E-state index in [-0.39, 0.29) is 5.56 Å². The van der Waals surface area contributed by atoms with Gasteiger partial charge in [-0.05, 0) is 17.7 Å². The molecule has 2 aromatic carbocycles. The Labute approximate surface area is 196 Å². The predicted molar refractivity (Wildman–Crippen MR) is 132 cm³/mol. The van der Waals surface area contributed by atoms with E-state index in [1.54, 1.807) is 10.9 Å². The van der Waals surface area contributed by atoms with Crippen LogP contribution in [0.25, 0.3) is 38.1 Å². The number of rotatable bonds is 5. The molecule has 1 N–H and O–H groups in total. The van der Waals surface area contributed by atoms with Gasteiger partial charge in [0.15, 0.2) is 5.65 Å². The summed E-state index contributed by atoms with van der Waals surface area (Å²) in [5.74, 6) is 1.09. The first kappa shape index (κ1) is 19.8. The van der Waals surface area contributed by atoms with Crippen LogP contribution in [-0.4, -0.2) is 29.7 Å². The van der Waals surface area contributed by atoms with Crippen LogP contribution in [0.4, 0.5) is 0 Å². The molecule has 0 atom stereocenters. The van der Waals surface area contributed by atoms with E-state index in [0.29, 0.717) is 17.0 Å². The molecule has 33 heavy (non-hydrogen) atoms. The van der Waals surface area contributed by atoms with E-state index in [4.69, 9.17) is 4.98 Å². The maximum Gasteiger partial charge on any atom is 0.260 e. The van der Waals surface area contributed by atoms with Crippen molar-refractivity contribution in [2.75, 3.05) is 0 Å². The number of para-hydroxylation sites is 1. The van der Waals surface area contributed by atoms with Crippen LogP contribution in [0.3, 0.4) is 0 Å². The van der Waals surface area contributed by atoms with Gasteiger partial charge in [0, 0.05) is 10.9 Å².